The first kappa shape index (κ1) is 14.4. The summed E-state index contributed by atoms with van der Waals surface area (Å²) < 4.78 is 0. The van der Waals surface area contributed by atoms with E-state index in [0.717, 1.165) is 35.7 Å². The van der Waals surface area contributed by atoms with Gasteiger partial charge in [0.15, 0.2) is 0 Å². The van der Waals surface area contributed by atoms with E-state index in [1.165, 1.54) is 12.8 Å². The molecular formula is C15H22N2OS. The molecule has 0 saturated carbocycles. The normalized spacial score (nSPS) is 17.4. The summed E-state index contributed by atoms with van der Waals surface area (Å²) in [6.45, 7) is 7.27. The lowest BCUT2D eigenvalue weighted by Gasteiger charge is -2.21. The number of carbonyl (C=O) groups is 1. The molecule has 19 heavy (non-hydrogen) atoms. The highest BCUT2D eigenvalue weighted by molar-refractivity contribution is 7.80. The summed E-state index contributed by atoms with van der Waals surface area (Å²) in [6, 6.07) is 5.84. The number of hydrogen-bond donors (Lipinski definition) is 2. The van der Waals surface area contributed by atoms with Crippen LogP contribution < -0.4 is 5.32 Å². The first-order chi connectivity index (χ1) is 9.06. The predicted octanol–water partition coefficient (Wildman–Crippen LogP) is 2.50. The molecule has 0 spiro atoms. The second kappa shape index (κ2) is 6.44. The van der Waals surface area contributed by atoms with Crippen molar-refractivity contribution in [1.82, 2.24) is 10.2 Å². The lowest BCUT2D eigenvalue weighted by Crippen LogP contribution is -2.41. The Bertz CT molecular complexity index is 455. The number of nitrogens with one attached hydrogen (secondary N) is 1. The summed E-state index contributed by atoms with van der Waals surface area (Å²) >= 11 is 4.29. The Labute approximate surface area is 120 Å². The average molecular weight is 278 g/mol. The van der Waals surface area contributed by atoms with Crippen LogP contribution in [-0.4, -0.2) is 36.5 Å². The van der Waals surface area contributed by atoms with Crippen molar-refractivity contribution in [1.29, 1.82) is 0 Å². The Morgan fingerprint density at radius 2 is 2.11 bits per heavy atom. The fraction of sp³-hybridized carbons (Fsp3) is 0.533. The van der Waals surface area contributed by atoms with Gasteiger partial charge < -0.3 is 10.2 Å². The number of nitrogens with zero attached hydrogens (tertiary/aromatic N) is 1. The van der Waals surface area contributed by atoms with Crippen LogP contribution in [0.15, 0.2) is 23.1 Å². The Morgan fingerprint density at radius 1 is 1.42 bits per heavy atom. The number of benzene rings is 1. The van der Waals surface area contributed by atoms with Gasteiger partial charge in [-0.1, -0.05) is 6.07 Å². The van der Waals surface area contributed by atoms with E-state index in [4.69, 9.17) is 0 Å². The minimum Gasteiger partial charge on any atom is -0.348 e. The van der Waals surface area contributed by atoms with Gasteiger partial charge in [0.2, 0.25) is 0 Å². The molecule has 1 heterocycles. The molecule has 1 aromatic rings. The highest BCUT2D eigenvalue weighted by atomic mass is 32.1. The van der Waals surface area contributed by atoms with Gasteiger partial charge >= 0.3 is 0 Å². The molecule has 1 unspecified atom stereocenters. The predicted molar refractivity (Wildman–Crippen MR) is 81.0 cm³/mol. The number of hydrogen-bond acceptors (Lipinski definition) is 3. The van der Waals surface area contributed by atoms with Gasteiger partial charge in [-0.3, -0.25) is 4.79 Å². The van der Waals surface area contributed by atoms with E-state index in [9.17, 15) is 4.79 Å². The molecule has 1 atom stereocenters. The Morgan fingerprint density at radius 3 is 2.79 bits per heavy atom. The molecule has 0 bridgehead atoms. The van der Waals surface area contributed by atoms with Gasteiger partial charge in [-0.2, -0.15) is 0 Å². The first-order valence-corrected chi connectivity index (χ1v) is 7.34. The summed E-state index contributed by atoms with van der Waals surface area (Å²) in [5.41, 5.74) is 1.71. The highest BCUT2D eigenvalue weighted by Gasteiger charge is 2.17. The van der Waals surface area contributed by atoms with Crippen molar-refractivity contribution in [2.75, 3.05) is 19.6 Å². The van der Waals surface area contributed by atoms with Crippen LogP contribution in [-0.2, 0) is 0 Å². The summed E-state index contributed by atoms with van der Waals surface area (Å²) in [5.74, 6) is 0.0000898. The second-order valence-electron chi connectivity index (χ2n) is 5.38. The summed E-state index contributed by atoms with van der Waals surface area (Å²) in [4.78, 5) is 15.5. The van der Waals surface area contributed by atoms with E-state index < -0.39 is 0 Å². The van der Waals surface area contributed by atoms with Crippen molar-refractivity contribution in [3.63, 3.8) is 0 Å². The van der Waals surface area contributed by atoms with Gasteiger partial charge in [0.05, 0.1) is 0 Å². The third kappa shape index (κ3) is 3.98. The van der Waals surface area contributed by atoms with Crippen LogP contribution in [0, 0.1) is 6.92 Å². The maximum absolute atomic E-state index is 12.2. The van der Waals surface area contributed by atoms with Crippen LogP contribution >= 0.6 is 12.6 Å². The standard InChI is InChI=1S/C15H22N2OS/c1-11-5-6-13(19)9-14(11)15(18)16-12(2)10-17-7-3-4-8-17/h5-6,9,12,19H,3-4,7-8,10H2,1-2H3,(H,16,18). The van der Waals surface area contributed by atoms with Crippen LogP contribution in [0.25, 0.3) is 0 Å². The van der Waals surface area contributed by atoms with E-state index in [1.54, 1.807) is 0 Å². The molecule has 1 aliphatic rings. The number of carbonyl (C=O) groups excluding carboxylic acids is 1. The molecule has 3 nitrogen and oxygen atoms in total. The smallest absolute Gasteiger partial charge is 0.251 e. The topological polar surface area (TPSA) is 32.3 Å². The minimum absolute atomic E-state index is 0.0000898. The largest absolute Gasteiger partial charge is 0.348 e. The van der Waals surface area contributed by atoms with Crippen LogP contribution in [0.2, 0.25) is 0 Å². The molecule has 1 aromatic carbocycles. The van der Waals surface area contributed by atoms with Gasteiger partial charge in [0, 0.05) is 23.0 Å². The fourth-order valence-electron chi connectivity index (χ4n) is 2.55. The van der Waals surface area contributed by atoms with Crippen molar-refractivity contribution >= 4 is 18.5 Å². The lowest BCUT2D eigenvalue weighted by atomic mass is 10.1. The van der Waals surface area contributed by atoms with E-state index in [1.807, 2.05) is 25.1 Å². The van der Waals surface area contributed by atoms with Crippen LogP contribution in [0.4, 0.5) is 0 Å². The lowest BCUT2D eigenvalue weighted by molar-refractivity contribution is 0.0931. The molecule has 1 N–H and O–H groups in total. The molecule has 2 rings (SSSR count). The highest BCUT2D eigenvalue weighted by Crippen LogP contribution is 2.14. The van der Waals surface area contributed by atoms with E-state index in [0.29, 0.717) is 0 Å². The number of amides is 1. The zero-order valence-corrected chi connectivity index (χ0v) is 12.5. The van der Waals surface area contributed by atoms with Gasteiger partial charge in [0.25, 0.3) is 5.91 Å². The van der Waals surface area contributed by atoms with Crippen LogP contribution in [0.3, 0.4) is 0 Å². The Hall–Kier alpha value is -1.00. The molecule has 4 heteroatoms. The molecule has 1 aliphatic heterocycles. The van der Waals surface area contributed by atoms with E-state index in [2.05, 4.69) is 29.8 Å². The number of aryl methyl sites for hydroxylation is 1. The first-order valence-electron chi connectivity index (χ1n) is 6.89. The van der Waals surface area contributed by atoms with Crippen LogP contribution in [0.5, 0.6) is 0 Å². The zero-order chi connectivity index (χ0) is 13.8. The third-order valence-electron chi connectivity index (χ3n) is 3.57. The van der Waals surface area contributed by atoms with Crippen LogP contribution in [0.1, 0.15) is 35.7 Å². The number of rotatable bonds is 4. The molecule has 0 radical (unpaired) electrons. The Balaban J connectivity index is 1.94. The van der Waals surface area contributed by atoms with Gasteiger partial charge in [0.1, 0.15) is 0 Å². The van der Waals surface area contributed by atoms with Crippen molar-refractivity contribution in [3.05, 3.63) is 29.3 Å². The monoisotopic (exact) mass is 278 g/mol. The molecule has 104 valence electrons. The van der Waals surface area contributed by atoms with Gasteiger partial charge in [-0.25, -0.2) is 0 Å². The van der Waals surface area contributed by atoms with Crippen molar-refractivity contribution in [3.8, 4) is 0 Å². The molecule has 1 amide bonds. The molecular weight excluding hydrogens is 256 g/mol. The summed E-state index contributed by atoms with van der Waals surface area (Å²) in [7, 11) is 0. The SMILES string of the molecule is Cc1ccc(S)cc1C(=O)NC(C)CN1CCCC1. The number of thiol groups is 1. The van der Waals surface area contributed by atoms with Crippen molar-refractivity contribution < 1.29 is 4.79 Å². The van der Waals surface area contributed by atoms with Gasteiger partial charge in [-0.15, -0.1) is 12.6 Å². The molecule has 0 aromatic heterocycles. The second-order valence-corrected chi connectivity index (χ2v) is 5.90. The maximum atomic E-state index is 12.2. The van der Waals surface area contributed by atoms with E-state index in [-0.39, 0.29) is 11.9 Å². The fourth-order valence-corrected chi connectivity index (χ4v) is 2.76. The third-order valence-corrected chi connectivity index (χ3v) is 3.85. The maximum Gasteiger partial charge on any atom is 0.251 e. The Kier molecular flexibility index (Phi) is 4.88. The van der Waals surface area contributed by atoms with Crippen molar-refractivity contribution in [2.24, 2.45) is 0 Å². The molecule has 1 fully saturated rings. The summed E-state index contributed by atoms with van der Waals surface area (Å²) in [5, 5.41) is 3.08. The number of likely N-dealkylation sites (tertiary alicyclic amines) is 1. The van der Waals surface area contributed by atoms with E-state index >= 15 is 0 Å². The minimum atomic E-state index is 0.0000898. The zero-order valence-electron chi connectivity index (χ0n) is 11.6. The quantitative estimate of drug-likeness (QED) is 0.830. The molecule has 1 saturated heterocycles. The molecule has 0 aliphatic carbocycles. The summed E-state index contributed by atoms with van der Waals surface area (Å²) in [6.07, 6.45) is 2.56. The average Bonchev–Trinajstić information content (AvgIpc) is 2.84. The van der Waals surface area contributed by atoms with Crippen molar-refractivity contribution in [2.45, 2.75) is 37.6 Å². The van der Waals surface area contributed by atoms with Gasteiger partial charge in [-0.05, 0) is 57.5 Å².